The fourth-order valence-electron chi connectivity index (χ4n) is 2.25. The van der Waals surface area contributed by atoms with Crippen molar-refractivity contribution in [3.63, 3.8) is 0 Å². The standard InChI is InChI=1S/C14H13N3O3S/c15-8-11-2-4-12(5-3-11)13-9-16-14(20-13)10-17-6-1-7-21(17,18)19/h2-5,9H,1,6-7,10H2. The van der Waals surface area contributed by atoms with Crippen LogP contribution < -0.4 is 0 Å². The summed E-state index contributed by atoms with van der Waals surface area (Å²) in [6.07, 6.45) is 2.21. The number of nitriles is 1. The molecule has 0 saturated carbocycles. The summed E-state index contributed by atoms with van der Waals surface area (Å²) in [4.78, 5) is 4.13. The van der Waals surface area contributed by atoms with E-state index in [1.807, 2.05) is 6.07 Å². The third-order valence-corrected chi connectivity index (χ3v) is 5.27. The van der Waals surface area contributed by atoms with E-state index in [-0.39, 0.29) is 12.3 Å². The van der Waals surface area contributed by atoms with Gasteiger partial charge in [0.05, 0.1) is 30.1 Å². The summed E-state index contributed by atoms with van der Waals surface area (Å²) in [6.45, 7) is 0.676. The third kappa shape index (κ3) is 2.82. The van der Waals surface area contributed by atoms with Gasteiger partial charge in [-0.2, -0.15) is 9.57 Å². The van der Waals surface area contributed by atoms with Crippen molar-refractivity contribution in [1.82, 2.24) is 9.29 Å². The second-order valence-corrected chi connectivity index (χ2v) is 6.90. The average molecular weight is 303 g/mol. The van der Waals surface area contributed by atoms with Crippen LogP contribution in [-0.4, -0.2) is 30.0 Å². The van der Waals surface area contributed by atoms with E-state index in [1.54, 1.807) is 30.5 Å². The minimum Gasteiger partial charge on any atom is -0.439 e. The van der Waals surface area contributed by atoms with E-state index in [0.717, 1.165) is 5.56 Å². The molecule has 0 spiro atoms. The Kier molecular flexibility index (Phi) is 3.49. The lowest BCUT2D eigenvalue weighted by molar-refractivity contribution is 0.379. The molecule has 108 valence electrons. The largest absolute Gasteiger partial charge is 0.439 e. The summed E-state index contributed by atoms with van der Waals surface area (Å²) in [5.41, 5.74) is 1.37. The van der Waals surface area contributed by atoms with Crippen LogP contribution in [0.2, 0.25) is 0 Å². The number of hydrogen-bond donors (Lipinski definition) is 0. The number of sulfonamides is 1. The van der Waals surface area contributed by atoms with Crippen LogP contribution in [0.3, 0.4) is 0 Å². The number of nitrogens with zero attached hydrogens (tertiary/aromatic N) is 3. The van der Waals surface area contributed by atoms with Crippen molar-refractivity contribution in [3.05, 3.63) is 41.9 Å². The van der Waals surface area contributed by atoms with Gasteiger partial charge in [0.2, 0.25) is 15.9 Å². The third-order valence-electron chi connectivity index (χ3n) is 3.37. The first kappa shape index (κ1) is 13.8. The van der Waals surface area contributed by atoms with Crippen molar-refractivity contribution in [2.45, 2.75) is 13.0 Å². The summed E-state index contributed by atoms with van der Waals surface area (Å²) in [6, 6.07) is 8.99. The lowest BCUT2D eigenvalue weighted by atomic mass is 10.1. The van der Waals surface area contributed by atoms with Crippen LogP contribution in [0.25, 0.3) is 11.3 Å². The molecule has 1 aromatic carbocycles. The van der Waals surface area contributed by atoms with Crippen LogP contribution >= 0.6 is 0 Å². The minimum atomic E-state index is -3.15. The first-order valence-electron chi connectivity index (χ1n) is 6.51. The number of rotatable bonds is 3. The van der Waals surface area contributed by atoms with Gasteiger partial charge < -0.3 is 4.42 Å². The Labute approximate surface area is 122 Å². The molecule has 1 saturated heterocycles. The molecule has 0 aliphatic carbocycles. The normalized spacial score (nSPS) is 17.7. The molecule has 7 heteroatoms. The topological polar surface area (TPSA) is 87.2 Å². The predicted octanol–water partition coefficient (Wildman–Crippen LogP) is 1.75. The second kappa shape index (κ2) is 5.31. The molecule has 0 bridgehead atoms. The Hall–Kier alpha value is -2.17. The molecule has 0 amide bonds. The van der Waals surface area contributed by atoms with Gasteiger partial charge in [0.25, 0.3) is 0 Å². The van der Waals surface area contributed by atoms with Crippen LogP contribution in [-0.2, 0) is 16.6 Å². The monoisotopic (exact) mass is 303 g/mol. The molecule has 1 aliphatic heterocycles. The van der Waals surface area contributed by atoms with Gasteiger partial charge in [0.15, 0.2) is 5.76 Å². The summed E-state index contributed by atoms with van der Waals surface area (Å²) < 4.78 is 30.5. The second-order valence-electron chi connectivity index (χ2n) is 4.81. The number of hydrogen-bond acceptors (Lipinski definition) is 5. The molecule has 1 aromatic heterocycles. The molecule has 1 fully saturated rings. The number of oxazole rings is 1. The smallest absolute Gasteiger partial charge is 0.214 e. The molecule has 0 N–H and O–H groups in total. The molecule has 0 atom stereocenters. The van der Waals surface area contributed by atoms with Gasteiger partial charge in [-0.15, -0.1) is 0 Å². The van der Waals surface area contributed by atoms with Gasteiger partial charge in [0.1, 0.15) is 0 Å². The van der Waals surface area contributed by atoms with E-state index >= 15 is 0 Å². The zero-order valence-corrected chi connectivity index (χ0v) is 12.0. The Morgan fingerprint density at radius 3 is 2.71 bits per heavy atom. The van der Waals surface area contributed by atoms with E-state index in [9.17, 15) is 8.42 Å². The Balaban J connectivity index is 1.78. The van der Waals surface area contributed by atoms with E-state index in [4.69, 9.17) is 9.68 Å². The van der Waals surface area contributed by atoms with Gasteiger partial charge in [-0.1, -0.05) is 0 Å². The Morgan fingerprint density at radius 2 is 2.10 bits per heavy atom. The van der Waals surface area contributed by atoms with E-state index in [1.165, 1.54) is 4.31 Å². The van der Waals surface area contributed by atoms with Gasteiger partial charge >= 0.3 is 0 Å². The predicted molar refractivity (Wildman–Crippen MR) is 75.5 cm³/mol. The molecule has 2 aromatic rings. The van der Waals surface area contributed by atoms with Gasteiger partial charge in [-0.05, 0) is 30.7 Å². The molecular formula is C14H13N3O3S. The summed E-state index contributed by atoms with van der Waals surface area (Å²) in [5, 5.41) is 8.76. The highest BCUT2D eigenvalue weighted by molar-refractivity contribution is 7.89. The molecule has 3 rings (SSSR count). The maximum atomic E-state index is 11.7. The molecule has 21 heavy (non-hydrogen) atoms. The first-order chi connectivity index (χ1) is 10.1. The van der Waals surface area contributed by atoms with Gasteiger partial charge in [-0.3, -0.25) is 0 Å². The Morgan fingerprint density at radius 1 is 1.33 bits per heavy atom. The van der Waals surface area contributed by atoms with E-state index in [0.29, 0.717) is 30.2 Å². The molecule has 1 aliphatic rings. The quantitative estimate of drug-likeness (QED) is 0.862. The zero-order valence-electron chi connectivity index (χ0n) is 11.2. The number of aromatic nitrogens is 1. The van der Waals surface area contributed by atoms with Gasteiger partial charge in [0, 0.05) is 12.1 Å². The van der Waals surface area contributed by atoms with Gasteiger partial charge in [-0.25, -0.2) is 13.4 Å². The van der Waals surface area contributed by atoms with Crippen LogP contribution in [0.15, 0.2) is 34.9 Å². The fraction of sp³-hybridized carbons (Fsp3) is 0.286. The highest BCUT2D eigenvalue weighted by Gasteiger charge is 2.29. The SMILES string of the molecule is N#Cc1ccc(-c2cnc(CN3CCCS3(=O)=O)o2)cc1. The highest BCUT2D eigenvalue weighted by Crippen LogP contribution is 2.23. The summed E-state index contributed by atoms with van der Waals surface area (Å²) in [5.74, 6) is 1.13. The van der Waals surface area contributed by atoms with Crippen molar-refractivity contribution in [2.75, 3.05) is 12.3 Å². The lowest BCUT2D eigenvalue weighted by Gasteiger charge is -2.10. The molecular weight excluding hydrogens is 290 g/mol. The Bertz CT molecular complexity index is 788. The average Bonchev–Trinajstić information content (AvgIpc) is 3.07. The zero-order chi connectivity index (χ0) is 14.9. The molecule has 2 heterocycles. The van der Waals surface area contributed by atoms with Crippen molar-refractivity contribution in [3.8, 4) is 17.4 Å². The maximum absolute atomic E-state index is 11.7. The van der Waals surface area contributed by atoms with E-state index < -0.39 is 10.0 Å². The molecule has 6 nitrogen and oxygen atoms in total. The van der Waals surface area contributed by atoms with Crippen LogP contribution in [0.1, 0.15) is 17.9 Å². The van der Waals surface area contributed by atoms with Crippen LogP contribution in [0.5, 0.6) is 0 Å². The van der Waals surface area contributed by atoms with E-state index in [2.05, 4.69) is 4.98 Å². The fourth-order valence-corrected chi connectivity index (χ4v) is 3.71. The maximum Gasteiger partial charge on any atom is 0.214 e. The minimum absolute atomic E-state index is 0.165. The lowest BCUT2D eigenvalue weighted by Crippen LogP contribution is -2.25. The molecule has 0 unspecified atom stereocenters. The summed E-state index contributed by atoms with van der Waals surface area (Å²) >= 11 is 0. The first-order valence-corrected chi connectivity index (χ1v) is 8.12. The van der Waals surface area contributed by atoms with Crippen LogP contribution in [0, 0.1) is 11.3 Å². The van der Waals surface area contributed by atoms with Crippen molar-refractivity contribution < 1.29 is 12.8 Å². The van der Waals surface area contributed by atoms with Crippen LogP contribution in [0.4, 0.5) is 0 Å². The van der Waals surface area contributed by atoms with Crippen molar-refractivity contribution >= 4 is 10.0 Å². The molecule has 0 radical (unpaired) electrons. The number of benzene rings is 1. The van der Waals surface area contributed by atoms with Crippen molar-refractivity contribution in [2.24, 2.45) is 0 Å². The van der Waals surface area contributed by atoms with Crippen molar-refractivity contribution in [1.29, 1.82) is 5.26 Å². The highest BCUT2D eigenvalue weighted by atomic mass is 32.2. The summed E-state index contributed by atoms with van der Waals surface area (Å²) in [7, 11) is -3.15.